The normalized spacial score (nSPS) is 10.7. The van der Waals surface area contributed by atoms with Gasteiger partial charge in [-0.15, -0.1) is 0 Å². The molecule has 0 amide bonds. The van der Waals surface area contributed by atoms with Gasteiger partial charge >= 0.3 is 0 Å². The molecule has 0 saturated carbocycles. The van der Waals surface area contributed by atoms with Crippen LogP contribution in [0.2, 0.25) is 0 Å². The molecule has 0 unspecified atom stereocenters. The molecule has 20 heavy (non-hydrogen) atoms. The van der Waals surface area contributed by atoms with Gasteiger partial charge in [0.05, 0.1) is 17.5 Å². The Morgan fingerprint density at radius 1 is 1.00 bits per heavy atom. The minimum absolute atomic E-state index is 0.0237. The van der Waals surface area contributed by atoms with Crippen LogP contribution in [0.25, 0.3) is 11.0 Å². The van der Waals surface area contributed by atoms with Crippen LogP contribution < -0.4 is 0 Å². The van der Waals surface area contributed by atoms with E-state index in [0.717, 1.165) is 22.4 Å². The molecule has 3 heterocycles. The van der Waals surface area contributed by atoms with Gasteiger partial charge < -0.3 is 0 Å². The fraction of sp³-hybridized carbons (Fsp3) is 0.125. The van der Waals surface area contributed by atoms with Gasteiger partial charge in [-0.3, -0.25) is 19.7 Å². The molecule has 0 aliphatic heterocycles. The lowest BCUT2D eigenvalue weighted by atomic mass is 10.1. The summed E-state index contributed by atoms with van der Waals surface area (Å²) in [5.41, 5.74) is 3.69. The number of Topliss-reactive ketones (excluding diaryl/α,β-unsaturated/α-hetero) is 1. The van der Waals surface area contributed by atoms with Gasteiger partial charge in [-0.05, 0) is 43.3 Å². The number of hydrogen-bond acceptors (Lipinski definition) is 4. The minimum Gasteiger partial charge on any atom is -0.292 e. The van der Waals surface area contributed by atoms with E-state index in [4.69, 9.17) is 0 Å². The average molecular weight is 263 g/mol. The highest BCUT2D eigenvalue weighted by molar-refractivity contribution is 5.95. The number of ketones is 1. The standard InChI is InChI=1S/C16H13N3O/c1-11-4-2-5-15(18-11)16(20)10-12-7-8-13-14(19-12)6-3-9-17-13/h2-9H,10H2,1H3. The summed E-state index contributed by atoms with van der Waals surface area (Å²) in [5.74, 6) is -0.0237. The van der Waals surface area contributed by atoms with Crippen LogP contribution in [0.3, 0.4) is 0 Å². The van der Waals surface area contributed by atoms with E-state index in [1.165, 1.54) is 0 Å². The number of rotatable bonds is 3. The molecule has 98 valence electrons. The Bertz CT molecular complexity index is 783. The van der Waals surface area contributed by atoms with Gasteiger partial charge in [0.2, 0.25) is 0 Å². The Morgan fingerprint density at radius 2 is 1.90 bits per heavy atom. The van der Waals surface area contributed by atoms with Gasteiger partial charge in [0.15, 0.2) is 5.78 Å². The van der Waals surface area contributed by atoms with Crippen molar-refractivity contribution < 1.29 is 4.79 Å². The molecule has 0 saturated heterocycles. The summed E-state index contributed by atoms with van der Waals surface area (Å²) in [6.45, 7) is 1.87. The maximum absolute atomic E-state index is 12.2. The van der Waals surface area contributed by atoms with Crippen LogP contribution in [-0.4, -0.2) is 20.7 Å². The van der Waals surface area contributed by atoms with Crippen molar-refractivity contribution in [2.45, 2.75) is 13.3 Å². The lowest BCUT2D eigenvalue weighted by Gasteiger charge is -2.03. The number of nitrogens with zero attached hydrogens (tertiary/aromatic N) is 3. The van der Waals surface area contributed by atoms with E-state index < -0.39 is 0 Å². The molecule has 3 aromatic rings. The molecule has 0 radical (unpaired) electrons. The van der Waals surface area contributed by atoms with Crippen molar-refractivity contribution in [3.8, 4) is 0 Å². The largest absolute Gasteiger partial charge is 0.292 e. The quantitative estimate of drug-likeness (QED) is 0.682. The van der Waals surface area contributed by atoms with Crippen LogP contribution in [0, 0.1) is 6.92 Å². The number of hydrogen-bond donors (Lipinski definition) is 0. The first kappa shape index (κ1) is 12.4. The summed E-state index contributed by atoms with van der Waals surface area (Å²) in [5, 5.41) is 0. The maximum atomic E-state index is 12.2. The summed E-state index contributed by atoms with van der Waals surface area (Å²) in [6.07, 6.45) is 1.98. The monoisotopic (exact) mass is 263 g/mol. The van der Waals surface area contributed by atoms with Crippen molar-refractivity contribution in [1.82, 2.24) is 15.0 Å². The molecule has 0 aromatic carbocycles. The molecule has 0 atom stereocenters. The first-order valence-corrected chi connectivity index (χ1v) is 6.40. The Hall–Kier alpha value is -2.62. The van der Waals surface area contributed by atoms with Gasteiger partial charge in [0.25, 0.3) is 0 Å². The number of aromatic nitrogens is 3. The Morgan fingerprint density at radius 3 is 2.75 bits per heavy atom. The van der Waals surface area contributed by atoms with Crippen molar-refractivity contribution >= 4 is 16.8 Å². The molecule has 3 aromatic heterocycles. The van der Waals surface area contributed by atoms with E-state index >= 15 is 0 Å². The van der Waals surface area contributed by atoms with Crippen molar-refractivity contribution in [3.05, 3.63) is 65.7 Å². The van der Waals surface area contributed by atoms with Crippen molar-refractivity contribution in [2.24, 2.45) is 0 Å². The number of aryl methyl sites for hydroxylation is 1. The van der Waals surface area contributed by atoms with E-state index in [1.54, 1.807) is 12.3 Å². The molecule has 0 bridgehead atoms. The third-order valence-electron chi connectivity index (χ3n) is 3.03. The molecule has 0 spiro atoms. The van der Waals surface area contributed by atoms with Crippen LogP contribution in [0.1, 0.15) is 21.9 Å². The smallest absolute Gasteiger partial charge is 0.187 e. The fourth-order valence-electron chi connectivity index (χ4n) is 2.05. The van der Waals surface area contributed by atoms with Gasteiger partial charge in [0, 0.05) is 17.6 Å². The topological polar surface area (TPSA) is 55.7 Å². The SMILES string of the molecule is Cc1cccc(C(=O)Cc2ccc3ncccc3n2)n1. The third kappa shape index (κ3) is 2.54. The summed E-state index contributed by atoms with van der Waals surface area (Å²) in [7, 11) is 0. The Balaban J connectivity index is 1.87. The van der Waals surface area contributed by atoms with Crippen LogP contribution in [0.15, 0.2) is 48.7 Å². The zero-order valence-corrected chi connectivity index (χ0v) is 11.1. The van der Waals surface area contributed by atoms with Gasteiger partial charge in [0.1, 0.15) is 5.69 Å². The van der Waals surface area contributed by atoms with E-state index in [1.807, 2.05) is 43.3 Å². The predicted molar refractivity (Wildman–Crippen MR) is 76.5 cm³/mol. The molecule has 0 aliphatic rings. The lowest BCUT2D eigenvalue weighted by Crippen LogP contribution is -2.07. The maximum Gasteiger partial charge on any atom is 0.187 e. The molecule has 3 rings (SSSR count). The average Bonchev–Trinajstić information content (AvgIpc) is 2.47. The highest BCUT2D eigenvalue weighted by Crippen LogP contribution is 2.11. The first-order valence-electron chi connectivity index (χ1n) is 6.40. The van der Waals surface area contributed by atoms with Crippen LogP contribution in [0.4, 0.5) is 0 Å². The number of fused-ring (bicyclic) bond motifs is 1. The van der Waals surface area contributed by atoms with Gasteiger partial charge in [-0.1, -0.05) is 6.07 Å². The summed E-state index contributed by atoms with van der Waals surface area (Å²) in [4.78, 5) is 25.1. The summed E-state index contributed by atoms with van der Waals surface area (Å²) >= 11 is 0. The van der Waals surface area contributed by atoms with E-state index in [2.05, 4.69) is 15.0 Å². The highest BCUT2D eigenvalue weighted by Gasteiger charge is 2.10. The molecule has 4 nitrogen and oxygen atoms in total. The van der Waals surface area contributed by atoms with Crippen LogP contribution in [0.5, 0.6) is 0 Å². The molecule has 4 heteroatoms. The molecule has 0 aliphatic carbocycles. The summed E-state index contributed by atoms with van der Waals surface area (Å²) < 4.78 is 0. The fourth-order valence-corrected chi connectivity index (χ4v) is 2.05. The van der Waals surface area contributed by atoms with Crippen molar-refractivity contribution in [1.29, 1.82) is 0 Å². The van der Waals surface area contributed by atoms with Crippen LogP contribution >= 0.6 is 0 Å². The van der Waals surface area contributed by atoms with Crippen molar-refractivity contribution in [2.75, 3.05) is 0 Å². The second-order valence-electron chi connectivity index (χ2n) is 4.61. The number of carbonyl (C=O) groups excluding carboxylic acids is 1. The first-order chi connectivity index (χ1) is 9.72. The lowest BCUT2D eigenvalue weighted by molar-refractivity contribution is 0.0987. The molecule has 0 fully saturated rings. The number of carbonyl (C=O) groups is 1. The second-order valence-corrected chi connectivity index (χ2v) is 4.61. The van der Waals surface area contributed by atoms with E-state index in [0.29, 0.717) is 5.69 Å². The second kappa shape index (κ2) is 5.17. The molecule has 0 N–H and O–H groups in total. The Labute approximate surface area is 116 Å². The van der Waals surface area contributed by atoms with Crippen LogP contribution in [-0.2, 0) is 6.42 Å². The van der Waals surface area contributed by atoms with Crippen molar-refractivity contribution in [3.63, 3.8) is 0 Å². The predicted octanol–water partition coefficient (Wildman–Crippen LogP) is 2.76. The van der Waals surface area contributed by atoms with E-state index in [9.17, 15) is 4.79 Å². The Kier molecular flexibility index (Phi) is 3.21. The number of pyridine rings is 3. The highest BCUT2D eigenvalue weighted by atomic mass is 16.1. The van der Waals surface area contributed by atoms with Gasteiger partial charge in [-0.25, -0.2) is 0 Å². The summed E-state index contributed by atoms with van der Waals surface area (Å²) in [6, 6.07) is 12.9. The molecular formula is C16H13N3O. The van der Waals surface area contributed by atoms with Gasteiger partial charge in [-0.2, -0.15) is 0 Å². The molecular weight excluding hydrogens is 250 g/mol. The minimum atomic E-state index is -0.0237. The third-order valence-corrected chi connectivity index (χ3v) is 3.03. The zero-order chi connectivity index (χ0) is 13.9. The zero-order valence-electron chi connectivity index (χ0n) is 11.1. The van der Waals surface area contributed by atoms with E-state index in [-0.39, 0.29) is 12.2 Å².